The minimum Gasteiger partial charge on any atom is -0.307 e. The van der Waals surface area contributed by atoms with Crippen molar-refractivity contribution in [3.05, 3.63) is 59.4 Å². The summed E-state index contributed by atoms with van der Waals surface area (Å²) in [5.74, 6) is -0.467. The molecule has 116 valence electrons. The maximum Gasteiger partial charge on any atom is 0.418 e. The molecule has 0 spiro atoms. The van der Waals surface area contributed by atoms with Crippen molar-refractivity contribution in [3.63, 3.8) is 0 Å². The number of amides is 2. The summed E-state index contributed by atoms with van der Waals surface area (Å²) in [6.07, 6.45) is -4.57. The summed E-state index contributed by atoms with van der Waals surface area (Å²) in [6, 6.07) is 7.49. The monoisotopic (exact) mass is 312 g/mol. The van der Waals surface area contributed by atoms with Crippen LogP contribution in [0.1, 0.15) is 11.1 Å². The Morgan fingerprint density at radius 2 is 1.64 bits per heavy atom. The maximum atomic E-state index is 13.0. The van der Waals surface area contributed by atoms with E-state index in [0.717, 1.165) is 18.2 Å². The molecule has 3 nitrogen and oxygen atoms in total. The minimum atomic E-state index is -4.57. The van der Waals surface area contributed by atoms with Crippen LogP contribution in [0.15, 0.2) is 42.5 Å². The van der Waals surface area contributed by atoms with E-state index >= 15 is 0 Å². The van der Waals surface area contributed by atoms with Crippen LogP contribution in [0.5, 0.6) is 0 Å². The van der Waals surface area contributed by atoms with E-state index < -0.39 is 23.6 Å². The largest absolute Gasteiger partial charge is 0.418 e. The molecule has 2 aromatic carbocycles. The van der Waals surface area contributed by atoms with Gasteiger partial charge in [-0.25, -0.2) is 9.18 Å². The predicted molar refractivity (Wildman–Crippen MR) is 75.2 cm³/mol. The maximum absolute atomic E-state index is 13.0. The summed E-state index contributed by atoms with van der Waals surface area (Å²) in [7, 11) is 0. The Labute approximate surface area is 124 Å². The highest BCUT2D eigenvalue weighted by molar-refractivity contribution is 6.00. The van der Waals surface area contributed by atoms with Gasteiger partial charge in [0.15, 0.2) is 0 Å². The number of anilines is 2. The van der Waals surface area contributed by atoms with Crippen molar-refractivity contribution in [2.24, 2.45) is 0 Å². The topological polar surface area (TPSA) is 41.1 Å². The lowest BCUT2D eigenvalue weighted by molar-refractivity contribution is -0.136. The lowest BCUT2D eigenvalue weighted by Gasteiger charge is -2.14. The number of carbonyl (C=O) groups is 1. The summed E-state index contributed by atoms with van der Waals surface area (Å²) >= 11 is 0. The average Bonchev–Trinajstić information content (AvgIpc) is 2.41. The van der Waals surface area contributed by atoms with Crippen LogP contribution < -0.4 is 10.6 Å². The fraction of sp³-hybridized carbons (Fsp3) is 0.133. The number of benzene rings is 2. The fourth-order valence-electron chi connectivity index (χ4n) is 1.88. The second-order valence-corrected chi connectivity index (χ2v) is 4.58. The molecule has 0 atom stereocenters. The highest BCUT2D eigenvalue weighted by Gasteiger charge is 2.33. The minimum absolute atomic E-state index is 0.309. The molecule has 22 heavy (non-hydrogen) atoms. The normalized spacial score (nSPS) is 11.1. The molecular formula is C15H12F4N2O. The van der Waals surface area contributed by atoms with Gasteiger partial charge >= 0.3 is 12.2 Å². The van der Waals surface area contributed by atoms with E-state index in [2.05, 4.69) is 10.6 Å². The first-order chi connectivity index (χ1) is 10.3. The van der Waals surface area contributed by atoms with Gasteiger partial charge in [-0.1, -0.05) is 12.1 Å². The molecule has 0 aliphatic rings. The van der Waals surface area contributed by atoms with Gasteiger partial charge in [0.25, 0.3) is 0 Å². The third-order valence-corrected chi connectivity index (χ3v) is 2.92. The number of alkyl halides is 3. The first kappa shape index (κ1) is 15.8. The molecule has 0 bridgehead atoms. The van der Waals surface area contributed by atoms with Crippen LogP contribution in [0.25, 0.3) is 0 Å². The van der Waals surface area contributed by atoms with Crippen molar-refractivity contribution in [1.82, 2.24) is 0 Å². The molecule has 0 aromatic heterocycles. The van der Waals surface area contributed by atoms with E-state index in [4.69, 9.17) is 0 Å². The molecule has 2 N–H and O–H groups in total. The number of carbonyl (C=O) groups excluding carboxylic acids is 1. The number of nitrogens with one attached hydrogen (secondary N) is 2. The highest BCUT2D eigenvalue weighted by Crippen LogP contribution is 2.34. The van der Waals surface area contributed by atoms with Crippen LogP contribution in [0.3, 0.4) is 0 Å². The molecule has 7 heteroatoms. The van der Waals surface area contributed by atoms with Crippen molar-refractivity contribution < 1.29 is 22.4 Å². The van der Waals surface area contributed by atoms with Crippen molar-refractivity contribution in [2.45, 2.75) is 13.1 Å². The lowest BCUT2D eigenvalue weighted by Crippen LogP contribution is -2.22. The van der Waals surface area contributed by atoms with E-state index in [9.17, 15) is 22.4 Å². The smallest absolute Gasteiger partial charge is 0.307 e. The van der Waals surface area contributed by atoms with E-state index in [1.807, 2.05) is 0 Å². The molecule has 0 unspecified atom stereocenters. The van der Waals surface area contributed by atoms with Crippen LogP contribution in [-0.4, -0.2) is 6.03 Å². The van der Waals surface area contributed by atoms with E-state index in [-0.39, 0.29) is 5.69 Å². The Balaban J connectivity index is 2.16. The Kier molecular flexibility index (Phi) is 4.35. The number of para-hydroxylation sites is 1. The average molecular weight is 312 g/mol. The van der Waals surface area contributed by atoms with Gasteiger partial charge in [-0.05, 0) is 42.8 Å². The van der Waals surface area contributed by atoms with Gasteiger partial charge < -0.3 is 10.6 Å². The quantitative estimate of drug-likeness (QED) is 0.769. The fourth-order valence-corrected chi connectivity index (χ4v) is 1.88. The number of urea groups is 1. The van der Waals surface area contributed by atoms with Gasteiger partial charge in [-0.15, -0.1) is 0 Å². The second-order valence-electron chi connectivity index (χ2n) is 4.58. The number of rotatable bonds is 2. The number of aryl methyl sites for hydroxylation is 1. The summed E-state index contributed by atoms with van der Waals surface area (Å²) < 4.78 is 51.4. The molecule has 2 amide bonds. The first-order valence-electron chi connectivity index (χ1n) is 6.28. The summed E-state index contributed by atoms with van der Waals surface area (Å²) in [5.41, 5.74) is -0.532. The van der Waals surface area contributed by atoms with Crippen LogP contribution in [-0.2, 0) is 6.18 Å². The zero-order valence-electron chi connectivity index (χ0n) is 11.5. The Bertz CT molecular complexity index is 698. The molecular weight excluding hydrogens is 300 g/mol. The third kappa shape index (κ3) is 3.75. The van der Waals surface area contributed by atoms with Crippen molar-refractivity contribution >= 4 is 17.4 Å². The van der Waals surface area contributed by atoms with E-state index in [1.54, 1.807) is 6.92 Å². The SMILES string of the molecule is Cc1cc(F)ccc1NC(=O)Nc1ccccc1C(F)(F)F. The van der Waals surface area contributed by atoms with Crippen molar-refractivity contribution in [2.75, 3.05) is 10.6 Å². The number of hydrogen-bond acceptors (Lipinski definition) is 1. The molecule has 0 radical (unpaired) electrons. The summed E-state index contributed by atoms with van der Waals surface area (Å²) in [5, 5.41) is 4.52. The van der Waals surface area contributed by atoms with Gasteiger partial charge in [-0.3, -0.25) is 0 Å². The van der Waals surface area contributed by atoms with Crippen LogP contribution in [0, 0.1) is 12.7 Å². The van der Waals surface area contributed by atoms with Gasteiger partial charge in [0.2, 0.25) is 0 Å². The highest BCUT2D eigenvalue weighted by atomic mass is 19.4. The Hall–Kier alpha value is -2.57. The first-order valence-corrected chi connectivity index (χ1v) is 6.28. The molecule has 0 aliphatic heterocycles. The Morgan fingerprint density at radius 1 is 1.00 bits per heavy atom. The molecule has 2 rings (SSSR count). The molecule has 0 fully saturated rings. The van der Waals surface area contributed by atoms with E-state index in [0.29, 0.717) is 11.3 Å². The molecule has 0 saturated carbocycles. The number of hydrogen-bond donors (Lipinski definition) is 2. The van der Waals surface area contributed by atoms with Gasteiger partial charge in [-0.2, -0.15) is 13.2 Å². The lowest BCUT2D eigenvalue weighted by atomic mass is 10.1. The van der Waals surface area contributed by atoms with Crippen molar-refractivity contribution in [1.29, 1.82) is 0 Å². The standard InChI is InChI=1S/C15H12F4N2O/c1-9-8-10(16)6-7-12(9)20-14(22)21-13-5-3-2-4-11(13)15(17,18)19/h2-8H,1H3,(H2,20,21,22). The molecule has 0 saturated heterocycles. The number of halogens is 4. The molecule has 0 aliphatic carbocycles. The van der Waals surface area contributed by atoms with Gasteiger partial charge in [0.05, 0.1) is 11.3 Å². The van der Waals surface area contributed by atoms with Gasteiger partial charge in [0, 0.05) is 5.69 Å². The third-order valence-electron chi connectivity index (χ3n) is 2.92. The molecule has 2 aromatic rings. The second kappa shape index (κ2) is 6.05. The van der Waals surface area contributed by atoms with Crippen LogP contribution >= 0.6 is 0 Å². The summed E-state index contributed by atoms with van der Waals surface area (Å²) in [4.78, 5) is 11.8. The summed E-state index contributed by atoms with van der Waals surface area (Å²) in [6.45, 7) is 1.57. The van der Waals surface area contributed by atoms with Crippen LogP contribution in [0.2, 0.25) is 0 Å². The Morgan fingerprint density at radius 3 is 2.27 bits per heavy atom. The van der Waals surface area contributed by atoms with Gasteiger partial charge in [0.1, 0.15) is 5.82 Å². The zero-order chi connectivity index (χ0) is 16.3. The molecule has 0 heterocycles. The zero-order valence-corrected chi connectivity index (χ0v) is 11.5. The van der Waals surface area contributed by atoms with Crippen LogP contribution in [0.4, 0.5) is 33.7 Å². The predicted octanol–water partition coefficient (Wildman–Crippen LogP) is 4.80. The van der Waals surface area contributed by atoms with Crippen molar-refractivity contribution in [3.8, 4) is 0 Å². The van der Waals surface area contributed by atoms with E-state index in [1.165, 1.54) is 24.3 Å².